The molecule has 0 saturated heterocycles. The summed E-state index contributed by atoms with van der Waals surface area (Å²) in [5.41, 5.74) is 9.97. The summed E-state index contributed by atoms with van der Waals surface area (Å²) in [6.45, 7) is 3.92. The first kappa shape index (κ1) is 20.2. The zero-order chi connectivity index (χ0) is 20.8. The van der Waals surface area contributed by atoms with Crippen LogP contribution in [0.3, 0.4) is 0 Å². The molecule has 1 heterocycles. The van der Waals surface area contributed by atoms with E-state index in [4.69, 9.17) is 10.5 Å². The van der Waals surface area contributed by atoms with Crippen LogP contribution in [0.1, 0.15) is 40.1 Å². The molecular formula is C23H23N3O3. The van der Waals surface area contributed by atoms with Crippen LogP contribution in [0.5, 0.6) is 0 Å². The van der Waals surface area contributed by atoms with Gasteiger partial charge in [0, 0.05) is 30.2 Å². The second kappa shape index (κ2) is 9.12. The van der Waals surface area contributed by atoms with Crippen LogP contribution in [-0.4, -0.2) is 23.0 Å². The Balaban J connectivity index is 1.93. The van der Waals surface area contributed by atoms with Gasteiger partial charge in [0.05, 0.1) is 11.7 Å². The summed E-state index contributed by atoms with van der Waals surface area (Å²) < 4.78 is 5.28. The molecule has 0 spiro atoms. The van der Waals surface area contributed by atoms with E-state index >= 15 is 0 Å². The molecule has 0 aliphatic heterocycles. The Morgan fingerprint density at radius 3 is 2.48 bits per heavy atom. The number of amides is 1. The summed E-state index contributed by atoms with van der Waals surface area (Å²) in [5, 5.41) is 2.84. The lowest BCUT2D eigenvalue weighted by molar-refractivity contribution is 0.0378. The van der Waals surface area contributed by atoms with Crippen molar-refractivity contribution in [3.05, 3.63) is 83.7 Å². The van der Waals surface area contributed by atoms with E-state index in [1.54, 1.807) is 68.7 Å². The standard InChI is InChI=1S/C23H23N3O3/c1-15(2)29-23(28)18-5-3-4-16(12-18)21-13-17(6-7-19(21)14-24)22(27)26-20-8-10-25-11-9-20/h3-13,15H,14,24H2,1-2H3,(H,25,26,27). The minimum Gasteiger partial charge on any atom is -0.459 e. The van der Waals surface area contributed by atoms with Crippen molar-refractivity contribution in [1.29, 1.82) is 0 Å². The summed E-state index contributed by atoms with van der Waals surface area (Å²) >= 11 is 0. The molecule has 0 unspecified atom stereocenters. The van der Waals surface area contributed by atoms with Gasteiger partial charge in [0.1, 0.15) is 0 Å². The fourth-order valence-corrected chi connectivity index (χ4v) is 2.90. The number of nitrogens with zero attached hydrogens (tertiary/aromatic N) is 1. The molecule has 3 aromatic rings. The molecule has 0 fully saturated rings. The van der Waals surface area contributed by atoms with E-state index in [0.29, 0.717) is 23.4 Å². The average Bonchev–Trinajstić information content (AvgIpc) is 2.73. The van der Waals surface area contributed by atoms with Gasteiger partial charge in [-0.25, -0.2) is 4.79 Å². The number of rotatable bonds is 6. The highest BCUT2D eigenvalue weighted by atomic mass is 16.5. The predicted molar refractivity (Wildman–Crippen MR) is 113 cm³/mol. The molecule has 0 atom stereocenters. The third-order valence-corrected chi connectivity index (χ3v) is 4.28. The van der Waals surface area contributed by atoms with Gasteiger partial charge in [-0.15, -0.1) is 0 Å². The quantitative estimate of drug-likeness (QED) is 0.621. The molecule has 1 amide bonds. The zero-order valence-corrected chi connectivity index (χ0v) is 16.4. The molecule has 0 aliphatic rings. The number of carbonyl (C=O) groups is 2. The van der Waals surface area contributed by atoms with Gasteiger partial charge < -0.3 is 15.8 Å². The van der Waals surface area contributed by atoms with Gasteiger partial charge in [-0.2, -0.15) is 0 Å². The number of nitrogens with one attached hydrogen (secondary N) is 1. The van der Waals surface area contributed by atoms with E-state index in [1.807, 2.05) is 12.1 Å². The SMILES string of the molecule is CC(C)OC(=O)c1cccc(-c2cc(C(=O)Nc3ccncc3)ccc2CN)c1. The minimum atomic E-state index is -0.386. The van der Waals surface area contributed by atoms with Crippen molar-refractivity contribution in [2.75, 3.05) is 5.32 Å². The molecular weight excluding hydrogens is 366 g/mol. The van der Waals surface area contributed by atoms with Crippen molar-refractivity contribution in [2.45, 2.75) is 26.5 Å². The number of esters is 1. The lowest BCUT2D eigenvalue weighted by Gasteiger charge is -2.13. The summed E-state index contributed by atoms with van der Waals surface area (Å²) in [6, 6.07) is 15.9. The van der Waals surface area contributed by atoms with Crippen molar-refractivity contribution < 1.29 is 14.3 Å². The summed E-state index contributed by atoms with van der Waals surface area (Å²) in [4.78, 5) is 28.9. The Kier molecular flexibility index (Phi) is 6.36. The maximum Gasteiger partial charge on any atom is 0.338 e. The summed E-state index contributed by atoms with van der Waals surface area (Å²) in [7, 11) is 0. The van der Waals surface area contributed by atoms with Crippen molar-refractivity contribution in [2.24, 2.45) is 5.73 Å². The second-order valence-electron chi connectivity index (χ2n) is 6.80. The van der Waals surface area contributed by atoms with E-state index in [-0.39, 0.29) is 18.0 Å². The molecule has 6 nitrogen and oxygen atoms in total. The third kappa shape index (κ3) is 5.06. The summed E-state index contributed by atoms with van der Waals surface area (Å²) in [6.07, 6.45) is 3.02. The smallest absolute Gasteiger partial charge is 0.338 e. The molecule has 148 valence electrons. The predicted octanol–water partition coefficient (Wildman–Crippen LogP) is 4.02. The molecule has 1 aromatic heterocycles. The first-order valence-electron chi connectivity index (χ1n) is 9.33. The first-order valence-corrected chi connectivity index (χ1v) is 9.33. The zero-order valence-electron chi connectivity index (χ0n) is 16.4. The lowest BCUT2D eigenvalue weighted by atomic mass is 9.95. The normalized spacial score (nSPS) is 10.6. The van der Waals surface area contributed by atoms with Crippen LogP contribution in [0, 0.1) is 0 Å². The minimum absolute atomic E-state index is 0.203. The van der Waals surface area contributed by atoms with Gasteiger partial charge in [0.25, 0.3) is 5.91 Å². The topological polar surface area (TPSA) is 94.3 Å². The van der Waals surface area contributed by atoms with E-state index in [1.165, 1.54) is 0 Å². The van der Waals surface area contributed by atoms with Crippen LogP contribution < -0.4 is 11.1 Å². The van der Waals surface area contributed by atoms with Crippen LogP contribution in [0.15, 0.2) is 67.0 Å². The van der Waals surface area contributed by atoms with E-state index in [2.05, 4.69) is 10.3 Å². The number of hydrogen-bond acceptors (Lipinski definition) is 5. The van der Waals surface area contributed by atoms with Gasteiger partial charge in [-0.1, -0.05) is 18.2 Å². The van der Waals surface area contributed by atoms with Gasteiger partial charge in [-0.05, 0) is 66.9 Å². The van der Waals surface area contributed by atoms with Crippen LogP contribution >= 0.6 is 0 Å². The highest BCUT2D eigenvalue weighted by Gasteiger charge is 2.14. The van der Waals surface area contributed by atoms with Crippen molar-refractivity contribution in [1.82, 2.24) is 4.98 Å². The van der Waals surface area contributed by atoms with E-state index in [0.717, 1.165) is 16.7 Å². The first-order chi connectivity index (χ1) is 14.0. The van der Waals surface area contributed by atoms with Crippen molar-refractivity contribution >= 4 is 17.6 Å². The van der Waals surface area contributed by atoms with E-state index in [9.17, 15) is 9.59 Å². The lowest BCUT2D eigenvalue weighted by Crippen LogP contribution is -2.13. The Hall–Kier alpha value is -3.51. The largest absolute Gasteiger partial charge is 0.459 e. The molecule has 6 heteroatoms. The number of ether oxygens (including phenoxy) is 1. The number of carbonyl (C=O) groups excluding carboxylic acids is 2. The fraction of sp³-hybridized carbons (Fsp3) is 0.174. The second-order valence-corrected chi connectivity index (χ2v) is 6.80. The number of nitrogens with two attached hydrogens (primary N) is 1. The van der Waals surface area contributed by atoms with Gasteiger partial charge in [0.15, 0.2) is 0 Å². The van der Waals surface area contributed by atoms with Crippen molar-refractivity contribution in [3.8, 4) is 11.1 Å². The Labute approximate surface area is 169 Å². The Morgan fingerprint density at radius 2 is 1.79 bits per heavy atom. The van der Waals surface area contributed by atoms with E-state index < -0.39 is 0 Å². The van der Waals surface area contributed by atoms with Crippen LogP contribution in [0.4, 0.5) is 5.69 Å². The number of hydrogen-bond donors (Lipinski definition) is 2. The number of pyridine rings is 1. The monoisotopic (exact) mass is 389 g/mol. The van der Waals surface area contributed by atoms with Crippen LogP contribution in [0.25, 0.3) is 11.1 Å². The summed E-state index contributed by atoms with van der Waals surface area (Å²) in [5.74, 6) is -0.626. The van der Waals surface area contributed by atoms with Crippen molar-refractivity contribution in [3.63, 3.8) is 0 Å². The molecule has 29 heavy (non-hydrogen) atoms. The Morgan fingerprint density at radius 1 is 1.03 bits per heavy atom. The van der Waals surface area contributed by atoms with Gasteiger partial charge >= 0.3 is 5.97 Å². The van der Waals surface area contributed by atoms with Crippen LogP contribution in [0.2, 0.25) is 0 Å². The number of benzene rings is 2. The fourth-order valence-electron chi connectivity index (χ4n) is 2.90. The average molecular weight is 389 g/mol. The molecule has 0 saturated carbocycles. The third-order valence-electron chi connectivity index (χ3n) is 4.28. The highest BCUT2D eigenvalue weighted by molar-refractivity contribution is 6.05. The highest BCUT2D eigenvalue weighted by Crippen LogP contribution is 2.27. The molecule has 3 rings (SSSR count). The molecule has 3 N–H and O–H groups in total. The number of aromatic nitrogens is 1. The van der Waals surface area contributed by atoms with Gasteiger partial charge in [-0.3, -0.25) is 9.78 Å². The maximum atomic E-state index is 12.7. The molecule has 0 radical (unpaired) electrons. The van der Waals surface area contributed by atoms with Gasteiger partial charge in [0.2, 0.25) is 0 Å². The van der Waals surface area contributed by atoms with Crippen LogP contribution in [-0.2, 0) is 11.3 Å². The Bertz CT molecular complexity index is 1020. The molecule has 2 aromatic carbocycles. The maximum absolute atomic E-state index is 12.7. The molecule has 0 aliphatic carbocycles. The number of anilines is 1. The molecule has 0 bridgehead atoms.